The van der Waals surface area contributed by atoms with Crippen LogP contribution in [-0.2, 0) is 16.1 Å². The molecule has 1 aromatic rings. The van der Waals surface area contributed by atoms with Gasteiger partial charge in [0.05, 0.1) is 12.5 Å². The maximum atomic E-state index is 13.6. The van der Waals surface area contributed by atoms with E-state index in [0.29, 0.717) is 36.4 Å². The molecule has 2 aliphatic rings. The summed E-state index contributed by atoms with van der Waals surface area (Å²) in [6, 6.07) is 2.61. The Balaban J connectivity index is 1.92. The number of carbonyl (C=O) groups is 1. The number of carboxylic acids is 1. The molecule has 0 aromatic heterocycles. The number of halogens is 1. The van der Waals surface area contributed by atoms with Crippen molar-refractivity contribution in [3.8, 4) is 5.75 Å². The standard InChI is InChI=1S/C13H14FNO4/c14-9-1-8-5-18-6-19-12(8)10(3-9)11-2-7(4-15-11)13(16)17/h1,3,7,11,15H,2,4-6H2,(H,16,17). The maximum Gasteiger partial charge on any atom is 0.307 e. The Bertz CT molecular complexity index is 520. The second kappa shape index (κ2) is 4.79. The lowest BCUT2D eigenvalue weighted by Crippen LogP contribution is -2.19. The summed E-state index contributed by atoms with van der Waals surface area (Å²) in [5, 5.41) is 12.1. The molecule has 2 N–H and O–H groups in total. The van der Waals surface area contributed by atoms with Crippen molar-refractivity contribution in [2.75, 3.05) is 13.3 Å². The molecule has 0 saturated carbocycles. The van der Waals surface area contributed by atoms with Crippen molar-refractivity contribution in [1.29, 1.82) is 0 Å². The molecule has 3 rings (SSSR count). The molecular weight excluding hydrogens is 253 g/mol. The van der Waals surface area contributed by atoms with Crippen LogP contribution in [0.1, 0.15) is 23.6 Å². The molecule has 0 spiro atoms. The van der Waals surface area contributed by atoms with Crippen LogP contribution < -0.4 is 10.1 Å². The highest BCUT2D eigenvalue weighted by Crippen LogP contribution is 2.37. The predicted molar refractivity (Wildman–Crippen MR) is 63.2 cm³/mol. The number of hydrogen-bond donors (Lipinski definition) is 2. The van der Waals surface area contributed by atoms with Gasteiger partial charge in [-0.2, -0.15) is 0 Å². The second-order valence-electron chi connectivity index (χ2n) is 4.83. The lowest BCUT2D eigenvalue weighted by Gasteiger charge is -2.23. The van der Waals surface area contributed by atoms with Gasteiger partial charge in [0.15, 0.2) is 6.79 Å². The minimum atomic E-state index is -0.829. The molecule has 0 bridgehead atoms. The number of rotatable bonds is 2. The van der Waals surface area contributed by atoms with Crippen molar-refractivity contribution in [2.24, 2.45) is 5.92 Å². The lowest BCUT2D eigenvalue weighted by molar-refractivity contribution is -0.141. The van der Waals surface area contributed by atoms with Gasteiger partial charge in [-0.3, -0.25) is 4.79 Å². The average Bonchev–Trinajstić information content (AvgIpc) is 2.87. The van der Waals surface area contributed by atoms with Crippen molar-refractivity contribution >= 4 is 5.97 Å². The minimum absolute atomic E-state index is 0.140. The fourth-order valence-electron chi connectivity index (χ4n) is 2.63. The highest BCUT2D eigenvalue weighted by molar-refractivity contribution is 5.71. The lowest BCUT2D eigenvalue weighted by atomic mass is 9.97. The number of carboxylic acid groups (broad SMARTS) is 1. The SMILES string of the molecule is O=C(O)C1CNC(c2cc(F)cc3c2OCOC3)C1. The highest BCUT2D eigenvalue weighted by Gasteiger charge is 2.33. The first-order valence-electron chi connectivity index (χ1n) is 6.14. The van der Waals surface area contributed by atoms with Crippen molar-refractivity contribution in [3.05, 3.63) is 29.1 Å². The van der Waals surface area contributed by atoms with E-state index < -0.39 is 11.9 Å². The molecule has 102 valence electrons. The quantitative estimate of drug-likeness (QED) is 0.848. The molecule has 2 atom stereocenters. The van der Waals surface area contributed by atoms with E-state index in [-0.39, 0.29) is 18.7 Å². The van der Waals surface area contributed by atoms with Gasteiger partial charge in [-0.25, -0.2) is 4.39 Å². The first kappa shape index (κ1) is 12.4. The second-order valence-corrected chi connectivity index (χ2v) is 4.83. The smallest absolute Gasteiger partial charge is 0.307 e. The van der Waals surface area contributed by atoms with Crippen molar-refractivity contribution in [2.45, 2.75) is 19.1 Å². The van der Waals surface area contributed by atoms with Gasteiger partial charge in [-0.15, -0.1) is 0 Å². The summed E-state index contributed by atoms with van der Waals surface area (Å²) < 4.78 is 24.2. The highest BCUT2D eigenvalue weighted by atomic mass is 19.1. The van der Waals surface area contributed by atoms with Crippen molar-refractivity contribution < 1.29 is 23.8 Å². The zero-order valence-electron chi connectivity index (χ0n) is 10.2. The number of fused-ring (bicyclic) bond motifs is 1. The Morgan fingerprint density at radius 1 is 1.47 bits per heavy atom. The largest absolute Gasteiger partial charge is 0.481 e. The van der Waals surface area contributed by atoms with Crippen LogP contribution in [0.15, 0.2) is 12.1 Å². The number of ether oxygens (including phenoxy) is 2. The van der Waals surface area contributed by atoms with Crippen LogP contribution in [0.25, 0.3) is 0 Å². The van der Waals surface area contributed by atoms with Gasteiger partial charge in [0, 0.05) is 23.7 Å². The maximum absolute atomic E-state index is 13.6. The van der Waals surface area contributed by atoms with Gasteiger partial charge in [0.1, 0.15) is 11.6 Å². The number of nitrogens with one attached hydrogen (secondary N) is 1. The molecule has 6 heteroatoms. The van der Waals surface area contributed by atoms with Gasteiger partial charge >= 0.3 is 5.97 Å². The van der Waals surface area contributed by atoms with Gasteiger partial charge in [0.25, 0.3) is 0 Å². The molecule has 0 aliphatic carbocycles. The molecular formula is C13H14FNO4. The van der Waals surface area contributed by atoms with Crippen LogP contribution in [-0.4, -0.2) is 24.4 Å². The summed E-state index contributed by atoms with van der Waals surface area (Å²) in [5.41, 5.74) is 1.35. The first-order valence-corrected chi connectivity index (χ1v) is 6.14. The number of hydrogen-bond acceptors (Lipinski definition) is 4. The van der Waals surface area contributed by atoms with E-state index in [9.17, 15) is 9.18 Å². The fourth-order valence-corrected chi connectivity index (χ4v) is 2.63. The monoisotopic (exact) mass is 267 g/mol. The van der Waals surface area contributed by atoms with Gasteiger partial charge in [-0.1, -0.05) is 0 Å². The molecule has 2 aliphatic heterocycles. The number of aliphatic carboxylic acids is 1. The third-order valence-corrected chi connectivity index (χ3v) is 3.56. The van der Waals surface area contributed by atoms with Crippen LogP contribution in [0.2, 0.25) is 0 Å². The van der Waals surface area contributed by atoms with E-state index >= 15 is 0 Å². The molecule has 1 saturated heterocycles. The van der Waals surface area contributed by atoms with Gasteiger partial charge in [0.2, 0.25) is 0 Å². The van der Waals surface area contributed by atoms with E-state index in [1.165, 1.54) is 12.1 Å². The zero-order chi connectivity index (χ0) is 13.4. The summed E-state index contributed by atoms with van der Waals surface area (Å²) in [4.78, 5) is 11.0. The summed E-state index contributed by atoms with van der Waals surface area (Å²) in [6.45, 7) is 0.845. The number of benzene rings is 1. The zero-order valence-corrected chi connectivity index (χ0v) is 10.2. The normalized spacial score (nSPS) is 25.7. The van der Waals surface area contributed by atoms with Crippen LogP contribution in [0.5, 0.6) is 5.75 Å². The molecule has 0 amide bonds. The van der Waals surface area contributed by atoms with Gasteiger partial charge < -0.3 is 19.9 Å². The summed E-state index contributed by atoms with van der Waals surface area (Å²) >= 11 is 0. The topological polar surface area (TPSA) is 67.8 Å². The molecule has 19 heavy (non-hydrogen) atoms. The first-order chi connectivity index (χ1) is 9.15. The van der Waals surface area contributed by atoms with Crippen molar-refractivity contribution in [1.82, 2.24) is 5.32 Å². The third kappa shape index (κ3) is 2.29. The fraction of sp³-hybridized carbons (Fsp3) is 0.462. The summed E-state index contributed by atoms with van der Waals surface area (Å²) in [7, 11) is 0. The van der Waals surface area contributed by atoms with E-state index in [4.69, 9.17) is 14.6 Å². The van der Waals surface area contributed by atoms with Crippen LogP contribution >= 0.6 is 0 Å². The van der Waals surface area contributed by atoms with Crippen LogP contribution in [0.4, 0.5) is 4.39 Å². The average molecular weight is 267 g/mol. The third-order valence-electron chi connectivity index (χ3n) is 3.56. The summed E-state index contributed by atoms with van der Waals surface area (Å²) in [6.07, 6.45) is 0.440. The minimum Gasteiger partial charge on any atom is -0.481 e. The Kier molecular flexibility index (Phi) is 3.12. The Morgan fingerprint density at radius 3 is 3.05 bits per heavy atom. The van der Waals surface area contributed by atoms with Gasteiger partial charge in [-0.05, 0) is 18.6 Å². The van der Waals surface area contributed by atoms with Crippen LogP contribution in [0.3, 0.4) is 0 Å². The predicted octanol–water partition coefficient (Wildman–Crippen LogP) is 1.43. The molecule has 2 heterocycles. The Labute approximate surface area is 109 Å². The molecule has 1 fully saturated rings. The summed E-state index contributed by atoms with van der Waals surface area (Å²) in [5.74, 6) is -1.01. The Hall–Kier alpha value is -1.66. The Morgan fingerprint density at radius 2 is 2.32 bits per heavy atom. The van der Waals surface area contributed by atoms with E-state index in [2.05, 4.69) is 5.32 Å². The molecule has 0 radical (unpaired) electrons. The molecule has 2 unspecified atom stereocenters. The van der Waals surface area contributed by atoms with E-state index in [1.807, 2.05) is 0 Å². The van der Waals surface area contributed by atoms with E-state index in [0.717, 1.165) is 0 Å². The molecule has 5 nitrogen and oxygen atoms in total. The van der Waals surface area contributed by atoms with Crippen LogP contribution in [0, 0.1) is 11.7 Å². The molecule has 1 aromatic carbocycles. The van der Waals surface area contributed by atoms with Crippen molar-refractivity contribution in [3.63, 3.8) is 0 Å². The van der Waals surface area contributed by atoms with E-state index in [1.54, 1.807) is 0 Å².